The normalized spacial score (nSPS) is 18.5. The Balaban J connectivity index is 2.49. The summed E-state index contributed by atoms with van der Waals surface area (Å²) < 4.78 is 5.40. The largest absolute Gasteiger partial charge is 0.698 e. The number of ether oxygens (including phenoxy) is 1. The number of nitrogens with one attached hydrogen (secondary N) is 1. The van der Waals surface area contributed by atoms with E-state index >= 15 is 0 Å². The lowest BCUT2D eigenvalue weighted by atomic mass is 9.95. The van der Waals surface area contributed by atoms with Crippen LogP contribution in [0.25, 0.3) is 5.73 Å². The van der Waals surface area contributed by atoms with Gasteiger partial charge in [-0.3, -0.25) is 0 Å². The minimum atomic E-state index is -0.837. The molecule has 5 N–H and O–H groups in total. The summed E-state index contributed by atoms with van der Waals surface area (Å²) in [7, 11) is 0. The molecule has 0 spiro atoms. The van der Waals surface area contributed by atoms with Crippen LogP contribution >= 0.6 is 0 Å². The maximum absolute atomic E-state index is 7.86. The number of nitrogens with two attached hydrogens (primary N) is 2. The monoisotopic (exact) mass is 192 g/mol. The van der Waals surface area contributed by atoms with E-state index in [0.29, 0.717) is 18.7 Å². The lowest BCUT2D eigenvalue weighted by Crippen LogP contribution is -2.57. The molecule has 0 bridgehead atoms. The Bertz CT molecular complexity index is 374. The summed E-state index contributed by atoms with van der Waals surface area (Å²) in [5, 5.41) is 0. The molecule has 1 aromatic rings. The van der Waals surface area contributed by atoms with Crippen LogP contribution in [0.3, 0.4) is 0 Å². The number of hydrogen-bond donors (Lipinski definition) is 2. The molecule has 0 saturated carbocycles. The van der Waals surface area contributed by atoms with Gasteiger partial charge < -0.3 is 21.9 Å². The second kappa shape index (κ2) is 2.87. The highest BCUT2D eigenvalue weighted by Crippen LogP contribution is 2.35. The number of rotatable bonds is 0. The molecule has 0 fully saturated rings. The average Bonchev–Trinajstić information content (AvgIpc) is 2.11. The Morgan fingerprint density at radius 3 is 2.86 bits per heavy atom. The molecule has 2 rings (SSSR count). The van der Waals surface area contributed by atoms with Crippen molar-refractivity contribution in [3.63, 3.8) is 0 Å². The Labute approximate surface area is 83.0 Å². The minimum absolute atomic E-state index is 0.308. The van der Waals surface area contributed by atoms with Gasteiger partial charge in [0.1, 0.15) is 18.0 Å². The van der Waals surface area contributed by atoms with Gasteiger partial charge in [-0.15, -0.1) is 5.69 Å². The molecule has 4 heteroatoms. The van der Waals surface area contributed by atoms with Crippen LogP contribution in [0.1, 0.15) is 11.1 Å². The third-order valence-electron chi connectivity index (χ3n) is 2.48. The third kappa shape index (κ3) is 1.42. The van der Waals surface area contributed by atoms with Gasteiger partial charge in [-0.2, -0.15) is 0 Å². The molecule has 0 atom stereocenters. The maximum atomic E-state index is 7.86. The van der Waals surface area contributed by atoms with Gasteiger partial charge in [0.15, 0.2) is 0 Å². The summed E-state index contributed by atoms with van der Waals surface area (Å²) in [6.45, 7) is 2.20. The molecule has 1 heterocycles. The first-order valence-electron chi connectivity index (χ1n) is 4.54. The van der Waals surface area contributed by atoms with E-state index in [4.69, 9.17) is 21.9 Å². The van der Waals surface area contributed by atoms with Gasteiger partial charge in [0.05, 0.1) is 0 Å². The van der Waals surface area contributed by atoms with E-state index in [9.17, 15) is 0 Å². The van der Waals surface area contributed by atoms with E-state index in [2.05, 4.69) is 0 Å². The van der Waals surface area contributed by atoms with Gasteiger partial charge >= 0.3 is 0 Å². The fraction of sp³-hybridized carbons (Fsp3) is 0.400. The average molecular weight is 192 g/mol. The molecule has 0 unspecified atom stereocenters. The van der Waals surface area contributed by atoms with Crippen molar-refractivity contribution in [3.05, 3.63) is 29.0 Å². The topological polar surface area (TPSA) is 85.1 Å². The molecule has 1 aliphatic rings. The van der Waals surface area contributed by atoms with Crippen molar-refractivity contribution in [2.45, 2.75) is 19.0 Å². The zero-order chi connectivity index (χ0) is 10.3. The molecule has 0 amide bonds. The molecular weight excluding hydrogens is 178 g/mol. The standard InChI is InChI=1S/C10H14N3O/c1-6-2-3-8-7(9(6)11)4-10(12,13)5-14-8/h2-3,11H,4-5,12-13H2,1H3/q-1. The zero-order valence-electron chi connectivity index (χ0n) is 8.13. The highest BCUT2D eigenvalue weighted by atomic mass is 16.5. The lowest BCUT2D eigenvalue weighted by Gasteiger charge is -2.34. The second-order valence-corrected chi connectivity index (χ2v) is 3.93. The smallest absolute Gasteiger partial charge is 0.121 e. The summed E-state index contributed by atoms with van der Waals surface area (Å²) in [5.41, 5.74) is 20.8. The first-order valence-corrected chi connectivity index (χ1v) is 4.54. The van der Waals surface area contributed by atoms with Gasteiger partial charge in [0, 0.05) is 6.42 Å². The van der Waals surface area contributed by atoms with Crippen molar-refractivity contribution in [2.24, 2.45) is 11.5 Å². The molecule has 0 saturated heterocycles. The van der Waals surface area contributed by atoms with E-state index in [0.717, 1.165) is 16.9 Å². The number of aryl methyl sites for hydroxylation is 1. The lowest BCUT2D eigenvalue weighted by molar-refractivity contribution is 0.196. The molecule has 0 radical (unpaired) electrons. The van der Waals surface area contributed by atoms with Crippen LogP contribution in [0.5, 0.6) is 5.75 Å². The highest BCUT2D eigenvalue weighted by molar-refractivity contribution is 5.63. The quantitative estimate of drug-likeness (QED) is 0.606. The molecule has 14 heavy (non-hydrogen) atoms. The Morgan fingerprint density at radius 1 is 1.43 bits per heavy atom. The van der Waals surface area contributed by atoms with E-state index in [1.807, 2.05) is 19.1 Å². The van der Waals surface area contributed by atoms with Crippen LogP contribution < -0.4 is 16.2 Å². The minimum Gasteiger partial charge on any atom is -0.698 e. The molecule has 76 valence electrons. The fourth-order valence-corrected chi connectivity index (χ4v) is 1.65. The summed E-state index contributed by atoms with van der Waals surface area (Å²) in [6.07, 6.45) is 0.503. The predicted octanol–water partition coefficient (Wildman–Crippen LogP) is 1.23. The summed E-state index contributed by atoms with van der Waals surface area (Å²) >= 11 is 0. The third-order valence-corrected chi connectivity index (χ3v) is 2.48. The van der Waals surface area contributed by atoms with Crippen molar-refractivity contribution in [2.75, 3.05) is 6.61 Å². The van der Waals surface area contributed by atoms with E-state index in [-0.39, 0.29) is 0 Å². The number of fused-ring (bicyclic) bond motifs is 1. The predicted molar refractivity (Wildman–Crippen MR) is 55.5 cm³/mol. The number of hydrogen-bond acceptors (Lipinski definition) is 3. The van der Waals surface area contributed by atoms with Gasteiger partial charge in [-0.1, -0.05) is 11.6 Å². The van der Waals surface area contributed by atoms with Crippen LogP contribution in [0, 0.1) is 6.92 Å². The first kappa shape index (κ1) is 9.30. The van der Waals surface area contributed by atoms with Gasteiger partial charge in [-0.25, -0.2) is 0 Å². The Kier molecular flexibility index (Phi) is 1.90. The van der Waals surface area contributed by atoms with Gasteiger partial charge in [-0.05, 0) is 18.6 Å². The van der Waals surface area contributed by atoms with E-state index in [1.165, 1.54) is 0 Å². The van der Waals surface area contributed by atoms with Crippen molar-refractivity contribution < 1.29 is 4.74 Å². The zero-order valence-corrected chi connectivity index (χ0v) is 8.13. The van der Waals surface area contributed by atoms with E-state index in [1.54, 1.807) is 0 Å². The van der Waals surface area contributed by atoms with E-state index < -0.39 is 5.66 Å². The SMILES string of the molecule is Cc1ccc2c(c1[NH-])CC(N)(N)CO2. The fourth-order valence-electron chi connectivity index (χ4n) is 1.65. The van der Waals surface area contributed by atoms with Crippen LogP contribution in [-0.4, -0.2) is 12.3 Å². The molecule has 4 nitrogen and oxygen atoms in total. The van der Waals surface area contributed by atoms with Crippen LogP contribution in [0.2, 0.25) is 0 Å². The van der Waals surface area contributed by atoms with Gasteiger partial charge in [0.2, 0.25) is 0 Å². The molecule has 1 aliphatic heterocycles. The van der Waals surface area contributed by atoms with Gasteiger partial charge in [0.25, 0.3) is 0 Å². The Morgan fingerprint density at radius 2 is 2.14 bits per heavy atom. The maximum Gasteiger partial charge on any atom is 0.121 e. The first-order chi connectivity index (χ1) is 6.49. The summed E-state index contributed by atoms with van der Waals surface area (Å²) in [4.78, 5) is 0. The molecule has 0 aliphatic carbocycles. The Hall–Kier alpha value is -1.26. The van der Waals surface area contributed by atoms with Crippen molar-refractivity contribution in [1.82, 2.24) is 0 Å². The van der Waals surface area contributed by atoms with Crippen LogP contribution in [0.4, 0.5) is 5.69 Å². The van der Waals surface area contributed by atoms with Crippen LogP contribution in [0.15, 0.2) is 12.1 Å². The summed E-state index contributed by atoms with van der Waals surface area (Å²) in [6, 6.07) is 3.75. The second-order valence-electron chi connectivity index (χ2n) is 3.93. The molecule has 1 aromatic carbocycles. The van der Waals surface area contributed by atoms with Crippen molar-refractivity contribution >= 4 is 5.69 Å². The highest BCUT2D eigenvalue weighted by Gasteiger charge is 2.27. The molecular formula is C10H14N3O-. The van der Waals surface area contributed by atoms with Crippen molar-refractivity contribution in [1.29, 1.82) is 0 Å². The van der Waals surface area contributed by atoms with Crippen molar-refractivity contribution in [3.8, 4) is 5.75 Å². The number of benzene rings is 1. The summed E-state index contributed by atoms with van der Waals surface area (Å²) in [5.74, 6) is 0.743. The molecule has 0 aromatic heterocycles. The van der Waals surface area contributed by atoms with Crippen LogP contribution in [-0.2, 0) is 6.42 Å².